The van der Waals surface area contributed by atoms with Crippen LogP contribution in [0.5, 0.6) is 0 Å². The largest absolute Gasteiger partial charge is 0.291 e. The highest BCUT2D eigenvalue weighted by molar-refractivity contribution is 7.15. The predicted octanol–water partition coefficient (Wildman–Crippen LogP) is 3.37. The van der Waals surface area contributed by atoms with E-state index in [0.29, 0.717) is 0 Å². The number of carbonyl (C=O) groups is 1. The van der Waals surface area contributed by atoms with Gasteiger partial charge in [0.25, 0.3) is 0 Å². The molecule has 3 rings (SSSR count). The maximum atomic E-state index is 12.9. The second-order valence-electron chi connectivity index (χ2n) is 5.33. The number of hydrogen-bond acceptors (Lipinski definition) is 3. The average Bonchev–Trinajstić information content (AvgIpc) is 2.92. The molecule has 0 saturated heterocycles. The van der Waals surface area contributed by atoms with Crippen LogP contribution in [0, 0.1) is 5.82 Å². The van der Waals surface area contributed by atoms with Gasteiger partial charge in [-0.2, -0.15) is 0 Å². The summed E-state index contributed by atoms with van der Waals surface area (Å²) >= 11 is 1.62. The van der Waals surface area contributed by atoms with E-state index < -0.39 is 0 Å². The van der Waals surface area contributed by atoms with Gasteiger partial charge in [-0.05, 0) is 43.4 Å². The fourth-order valence-corrected chi connectivity index (χ4v) is 3.61. The number of thiazole rings is 1. The minimum atomic E-state index is -0.285. The lowest BCUT2D eigenvalue weighted by Gasteiger charge is -2.13. The van der Waals surface area contributed by atoms with E-state index in [0.717, 1.165) is 29.2 Å². The minimum Gasteiger partial charge on any atom is -0.291 e. The second kappa shape index (κ2) is 5.93. The molecule has 1 aliphatic rings. The standard InChI is InChI=1S/C16H17FN2OS/c1-19(15(20)10-11-6-8-12(17)9-7-11)16-18-13-4-2-3-5-14(13)21-16/h6-9H,2-5,10H2,1H3. The lowest BCUT2D eigenvalue weighted by atomic mass is 10.0. The van der Waals surface area contributed by atoms with E-state index in [1.165, 1.54) is 29.9 Å². The van der Waals surface area contributed by atoms with Crippen LogP contribution in [0.15, 0.2) is 24.3 Å². The van der Waals surface area contributed by atoms with Crippen molar-refractivity contribution in [2.75, 3.05) is 11.9 Å². The summed E-state index contributed by atoms with van der Waals surface area (Å²) in [5.41, 5.74) is 1.97. The number of likely N-dealkylation sites (N-methyl/N-ethyl adjacent to an activating group) is 1. The van der Waals surface area contributed by atoms with Gasteiger partial charge in [0.05, 0.1) is 12.1 Å². The normalized spacial score (nSPS) is 13.8. The van der Waals surface area contributed by atoms with Crippen molar-refractivity contribution in [2.45, 2.75) is 32.1 Å². The summed E-state index contributed by atoms with van der Waals surface area (Å²) in [5, 5.41) is 0.772. The Morgan fingerprint density at radius 1 is 1.29 bits per heavy atom. The van der Waals surface area contributed by atoms with Gasteiger partial charge in [-0.25, -0.2) is 9.37 Å². The van der Waals surface area contributed by atoms with E-state index in [1.54, 1.807) is 35.4 Å². The third-order valence-corrected chi connectivity index (χ3v) is 5.00. The number of benzene rings is 1. The van der Waals surface area contributed by atoms with Crippen LogP contribution in [0.4, 0.5) is 9.52 Å². The molecule has 0 N–H and O–H groups in total. The summed E-state index contributed by atoms with van der Waals surface area (Å²) in [6.07, 6.45) is 4.76. The van der Waals surface area contributed by atoms with Crippen molar-refractivity contribution in [3.05, 3.63) is 46.2 Å². The molecule has 0 unspecified atom stereocenters. The molecule has 21 heavy (non-hydrogen) atoms. The summed E-state index contributed by atoms with van der Waals surface area (Å²) in [6, 6.07) is 6.05. The van der Waals surface area contributed by atoms with Crippen molar-refractivity contribution in [3.8, 4) is 0 Å². The van der Waals surface area contributed by atoms with Crippen molar-refractivity contribution in [3.63, 3.8) is 0 Å². The van der Waals surface area contributed by atoms with E-state index in [1.807, 2.05) is 0 Å². The van der Waals surface area contributed by atoms with Gasteiger partial charge in [0.2, 0.25) is 5.91 Å². The average molecular weight is 304 g/mol. The quantitative estimate of drug-likeness (QED) is 0.871. The molecule has 1 aromatic heterocycles. The molecule has 2 aromatic rings. The Bertz CT molecular complexity index is 627. The highest BCUT2D eigenvalue weighted by Gasteiger charge is 2.20. The van der Waals surface area contributed by atoms with Crippen molar-refractivity contribution in [1.29, 1.82) is 0 Å². The molecule has 3 nitrogen and oxygen atoms in total. The Morgan fingerprint density at radius 3 is 2.71 bits per heavy atom. The number of nitrogens with zero attached hydrogens (tertiary/aromatic N) is 2. The van der Waals surface area contributed by atoms with Gasteiger partial charge in [-0.15, -0.1) is 11.3 Å². The van der Waals surface area contributed by atoms with Crippen molar-refractivity contribution in [1.82, 2.24) is 4.98 Å². The van der Waals surface area contributed by atoms with Crippen LogP contribution < -0.4 is 4.90 Å². The zero-order valence-corrected chi connectivity index (χ0v) is 12.8. The Hall–Kier alpha value is -1.75. The maximum Gasteiger partial charge on any atom is 0.232 e. The second-order valence-corrected chi connectivity index (χ2v) is 6.39. The van der Waals surface area contributed by atoms with Crippen LogP contribution in [0.2, 0.25) is 0 Å². The van der Waals surface area contributed by atoms with Crippen LogP contribution in [0.25, 0.3) is 0 Å². The number of aryl methyl sites for hydroxylation is 2. The Morgan fingerprint density at radius 2 is 2.00 bits per heavy atom. The van der Waals surface area contributed by atoms with Crippen molar-refractivity contribution >= 4 is 22.4 Å². The first-order valence-corrected chi connectivity index (χ1v) is 7.95. The molecule has 0 atom stereocenters. The molecule has 1 aromatic carbocycles. The fraction of sp³-hybridized carbons (Fsp3) is 0.375. The van der Waals surface area contributed by atoms with Crippen LogP contribution in [-0.2, 0) is 24.1 Å². The molecule has 0 fully saturated rings. The van der Waals surface area contributed by atoms with E-state index in [9.17, 15) is 9.18 Å². The van der Waals surface area contributed by atoms with Crippen LogP contribution in [-0.4, -0.2) is 17.9 Å². The molecule has 0 spiro atoms. The van der Waals surface area contributed by atoms with E-state index in [4.69, 9.17) is 0 Å². The van der Waals surface area contributed by atoms with Crippen LogP contribution in [0.1, 0.15) is 29.0 Å². The van der Waals surface area contributed by atoms with Gasteiger partial charge < -0.3 is 0 Å². The van der Waals surface area contributed by atoms with E-state index in [-0.39, 0.29) is 18.1 Å². The van der Waals surface area contributed by atoms with Crippen LogP contribution in [0.3, 0.4) is 0 Å². The molecule has 0 radical (unpaired) electrons. The number of carbonyl (C=O) groups excluding carboxylic acids is 1. The lowest BCUT2D eigenvalue weighted by molar-refractivity contribution is -0.117. The van der Waals surface area contributed by atoms with Gasteiger partial charge in [0, 0.05) is 11.9 Å². The molecular formula is C16H17FN2OS. The fourth-order valence-electron chi connectivity index (χ4n) is 2.48. The Kier molecular flexibility index (Phi) is 4.01. The first-order chi connectivity index (χ1) is 10.1. The molecule has 1 amide bonds. The number of amides is 1. The number of fused-ring (bicyclic) bond motifs is 1. The monoisotopic (exact) mass is 304 g/mol. The van der Waals surface area contributed by atoms with Gasteiger partial charge in [0.1, 0.15) is 5.82 Å². The Balaban J connectivity index is 1.72. The molecule has 0 aliphatic heterocycles. The van der Waals surface area contributed by atoms with Gasteiger partial charge in [-0.1, -0.05) is 12.1 Å². The minimum absolute atomic E-state index is 0.0206. The topological polar surface area (TPSA) is 33.2 Å². The smallest absolute Gasteiger partial charge is 0.232 e. The summed E-state index contributed by atoms with van der Waals surface area (Å²) < 4.78 is 12.9. The van der Waals surface area contributed by atoms with Gasteiger partial charge in [-0.3, -0.25) is 9.69 Å². The van der Waals surface area contributed by atoms with E-state index in [2.05, 4.69) is 4.98 Å². The third-order valence-electron chi connectivity index (χ3n) is 3.76. The molecular weight excluding hydrogens is 287 g/mol. The molecule has 1 aliphatic carbocycles. The molecule has 5 heteroatoms. The molecule has 0 saturated carbocycles. The summed E-state index contributed by atoms with van der Waals surface area (Å²) in [5.74, 6) is -0.306. The van der Waals surface area contributed by atoms with Crippen molar-refractivity contribution < 1.29 is 9.18 Å². The summed E-state index contributed by atoms with van der Waals surface area (Å²) in [7, 11) is 1.76. The summed E-state index contributed by atoms with van der Waals surface area (Å²) in [6.45, 7) is 0. The zero-order valence-electron chi connectivity index (χ0n) is 11.9. The predicted molar refractivity (Wildman–Crippen MR) is 82.3 cm³/mol. The first kappa shape index (κ1) is 14.2. The van der Waals surface area contributed by atoms with E-state index >= 15 is 0 Å². The number of rotatable bonds is 3. The highest BCUT2D eigenvalue weighted by Crippen LogP contribution is 2.31. The van der Waals surface area contributed by atoms with Gasteiger partial charge >= 0.3 is 0 Å². The van der Waals surface area contributed by atoms with Gasteiger partial charge in [0.15, 0.2) is 5.13 Å². The van der Waals surface area contributed by atoms with Crippen molar-refractivity contribution in [2.24, 2.45) is 0 Å². The lowest BCUT2D eigenvalue weighted by Crippen LogP contribution is -2.27. The molecule has 1 heterocycles. The number of halogens is 1. The molecule has 0 bridgehead atoms. The maximum absolute atomic E-state index is 12.9. The number of anilines is 1. The summed E-state index contributed by atoms with van der Waals surface area (Å²) in [4.78, 5) is 19.8. The van der Waals surface area contributed by atoms with Crippen LogP contribution >= 0.6 is 11.3 Å². The highest BCUT2D eigenvalue weighted by atomic mass is 32.1. The zero-order chi connectivity index (χ0) is 14.8. The Labute approximate surface area is 127 Å². The number of hydrogen-bond donors (Lipinski definition) is 0. The number of aromatic nitrogens is 1. The SMILES string of the molecule is CN(C(=O)Cc1ccc(F)cc1)c1nc2c(s1)CCCC2. The third kappa shape index (κ3) is 3.13. The molecule has 110 valence electrons. The first-order valence-electron chi connectivity index (χ1n) is 7.13.